The van der Waals surface area contributed by atoms with Gasteiger partial charge in [-0.25, -0.2) is 4.99 Å². The van der Waals surface area contributed by atoms with Gasteiger partial charge in [-0.1, -0.05) is 24.3 Å². The minimum atomic E-state index is 0. The van der Waals surface area contributed by atoms with E-state index in [-0.39, 0.29) is 24.0 Å². The normalized spacial score (nSPS) is 10.9. The highest BCUT2D eigenvalue weighted by atomic mass is 127. The highest BCUT2D eigenvalue weighted by Crippen LogP contribution is 2.19. The van der Waals surface area contributed by atoms with Crippen LogP contribution < -0.4 is 20.1 Å². The molecule has 0 bridgehead atoms. The molecule has 0 aliphatic rings. The van der Waals surface area contributed by atoms with Gasteiger partial charge < -0.3 is 24.8 Å². The topological polar surface area (TPSA) is 64.1 Å². The van der Waals surface area contributed by atoms with Crippen LogP contribution in [0.25, 0.3) is 0 Å². The lowest BCUT2D eigenvalue weighted by Crippen LogP contribution is -2.36. The maximum absolute atomic E-state index is 5.77. The Bertz CT molecular complexity index is 784. The van der Waals surface area contributed by atoms with Gasteiger partial charge in [0.15, 0.2) is 5.96 Å². The number of benzene rings is 2. The molecule has 0 spiro atoms. The standard InChI is InChI=1S/C23H33N3O3.HI/c1-5-24-23(26-17-20-11-10-18(2)14-22(20)28-4)25-16-19-8-6-9-21(15-19)29-13-7-12-27-3;/h6,8-11,14-15H,5,7,12-13,16-17H2,1-4H3,(H2,24,25,26);1H. The van der Waals surface area contributed by atoms with Crippen molar-refractivity contribution in [2.45, 2.75) is 33.4 Å². The second kappa shape index (κ2) is 14.9. The summed E-state index contributed by atoms with van der Waals surface area (Å²) < 4.78 is 16.3. The van der Waals surface area contributed by atoms with E-state index in [2.05, 4.69) is 42.7 Å². The Morgan fingerprint density at radius 1 is 1.03 bits per heavy atom. The van der Waals surface area contributed by atoms with Crippen LogP contribution in [-0.4, -0.2) is 39.9 Å². The summed E-state index contributed by atoms with van der Waals surface area (Å²) in [6.45, 7) is 7.45. The van der Waals surface area contributed by atoms with Gasteiger partial charge in [-0.3, -0.25) is 0 Å². The molecule has 0 saturated heterocycles. The van der Waals surface area contributed by atoms with Crippen molar-refractivity contribution in [3.05, 3.63) is 59.2 Å². The number of hydrogen-bond acceptors (Lipinski definition) is 4. The molecule has 2 aromatic rings. The molecule has 2 rings (SSSR count). The molecule has 2 aromatic carbocycles. The molecule has 0 heterocycles. The van der Waals surface area contributed by atoms with E-state index in [1.165, 1.54) is 5.56 Å². The summed E-state index contributed by atoms with van der Waals surface area (Å²) in [6, 6.07) is 14.2. The minimum absolute atomic E-state index is 0. The number of ether oxygens (including phenoxy) is 3. The number of rotatable bonds is 11. The maximum Gasteiger partial charge on any atom is 0.191 e. The van der Waals surface area contributed by atoms with E-state index in [1.807, 2.05) is 24.3 Å². The summed E-state index contributed by atoms with van der Waals surface area (Å²) in [5.41, 5.74) is 3.37. The van der Waals surface area contributed by atoms with E-state index >= 15 is 0 Å². The van der Waals surface area contributed by atoms with Crippen molar-refractivity contribution < 1.29 is 14.2 Å². The Labute approximate surface area is 197 Å². The van der Waals surface area contributed by atoms with Crippen molar-refractivity contribution in [2.24, 2.45) is 4.99 Å². The van der Waals surface area contributed by atoms with Gasteiger partial charge >= 0.3 is 0 Å². The zero-order valence-corrected chi connectivity index (χ0v) is 20.7. The molecule has 7 heteroatoms. The molecule has 0 aliphatic heterocycles. The average molecular weight is 527 g/mol. The first-order valence-electron chi connectivity index (χ1n) is 10.0. The fourth-order valence-electron chi connectivity index (χ4n) is 2.82. The first-order chi connectivity index (χ1) is 14.2. The molecule has 0 fully saturated rings. The van der Waals surface area contributed by atoms with Crippen molar-refractivity contribution in [2.75, 3.05) is 34.0 Å². The third-order valence-electron chi connectivity index (χ3n) is 4.31. The Hall–Kier alpha value is -2.00. The Balaban J connectivity index is 0.00000450. The summed E-state index contributed by atoms with van der Waals surface area (Å²) in [5, 5.41) is 6.67. The molecule has 6 nitrogen and oxygen atoms in total. The lowest BCUT2D eigenvalue weighted by molar-refractivity contribution is 0.172. The van der Waals surface area contributed by atoms with E-state index < -0.39 is 0 Å². The summed E-state index contributed by atoms with van der Waals surface area (Å²) in [5.74, 6) is 2.50. The number of halogens is 1. The van der Waals surface area contributed by atoms with E-state index in [4.69, 9.17) is 19.2 Å². The Morgan fingerprint density at radius 2 is 1.87 bits per heavy atom. The second-order valence-electron chi connectivity index (χ2n) is 6.71. The smallest absolute Gasteiger partial charge is 0.191 e. The molecule has 2 N–H and O–H groups in total. The maximum atomic E-state index is 5.77. The van der Waals surface area contributed by atoms with E-state index in [0.29, 0.717) is 26.3 Å². The molecule has 0 radical (unpaired) electrons. The van der Waals surface area contributed by atoms with Gasteiger partial charge in [-0.2, -0.15) is 0 Å². The molecule has 30 heavy (non-hydrogen) atoms. The van der Waals surface area contributed by atoms with Gasteiger partial charge in [0.25, 0.3) is 0 Å². The van der Waals surface area contributed by atoms with Gasteiger partial charge in [0.2, 0.25) is 0 Å². The van der Waals surface area contributed by atoms with Crippen LogP contribution in [0.2, 0.25) is 0 Å². The minimum Gasteiger partial charge on any atom is -0.496 e. The third-order valence-corrected chi connectivity index (χ3v) is 4.31. The molecule has 0 aliphatic carbocycles. The van der Waals surface area contributed by atoms with Crippen LogP contribution in [0.15, 0.2) is 47.5 Å². The number of aliphatic imine (C=N–C) groups is 1. The Kier molecular flexibility index (Phi) is 12.9. The predicted octanol–water partition coefficient (Wildman–Crippen LogP) is 4.29. The summed E-state index contributed by atoms with van der Waals surface area (Å²) >= 11 is 0. The van der Waals surface area contributed by atoms with Gasteiger partial charge in [-0.15, -0.1) is 24.0 Å². The van der Waals surface area contributed by atoms with Crippen molar-refractivity contribution in [3.8, 4) is 11.5 Å². The largest absolute Gasteiger partial charge is 0.496 e. The van der Waals surface area contributed by atoms with Crippen molar-refractivity contribution in [1.29, 1.82) is 0 Å². The number of nitrogens with one attached hydrogen (secondary N) is 2. The van der Waals surface area contributed by atoms with Crippen molar-refractivity contribution in [3.63, 3.8) is 0 Å². The van der Waals surface area contributed by atoms with Crippen molar-refractivity contribution >= 4 is 29.9 Å². The third kappa shape index (κ3) is 9.21. The quantitative estimate of drug-likeness (QED) is 0.198. The number of hydrogen-bond donors (Lipinski definition) is 2. The zero-order valence-electron chi connectivity index (χ0n) is 18.4. The Morgan fingerprint density at radius 3 is 2.60 bits per heavy atom. The van der Waals surface area contributed by atoms with Gasteiger partial charge in [-0.05, 0) is 43.2 Å². The fourth-order valence-corrected chi connectivity index (χ4v) is 2.82. The summed E-state index contributed by atoms with van der Waals surface area (Å²) in [4.78, 5) is 4.70. The van der Waals surface area contributed by atoms with Crippen LogP contribution in [0.4, 0.5) is 0 Å². The van der Waals surface area contributed by atoms with Crippen LogP contribution in [0.1, 0.15) is 30.0 Å². The average Bonchev–Trinajstić information content (AvgIpc) is 2.74. The number of aryl methyl sites for hydroxylation is 1. The highest BCUT2D eigenvalue weighted by Gasteiger charge is 2.05. The lowest BCUT2D eigenvalue weighted by atomic mass is 10.1. The first kappa shape index (κ1) is 26.0. The molecular formula is C23H34IN3O3. The summed E-state index contributed by atoms with van der Waals surface area (Å²) in [7, 11) is 3.39. The van der Waals surface area contributed by atoms with E-state index in [1.54, 1.807) is 14.2 Å². The summed E-state index contributed by atoms with van der Waals surface area (Å²) in [6.07, 6.45) is 0.871. The molecular weight excluding hydrogens is 493 g/mol. The van der Waals surface area contributed by atoms with Crippen LogP contribution >= 0.6 is 24.0 Å². The highest BCUT2D eigenvalue weighted by molar-refractivity contribution is 14.0. The van der Waals surface area contributed by atoms with Crippen LogP contribution in [0.5, 0.6) is 11.5 Å². The molecule has 0 amide bonds. The number of methoxy groups -OCH3 is 2. The van der Waals surface area contributed by atoms with Crippen LogP contribution in [-0.2, 0) is 17.8 Å². The first-order valence-corrected chi connectivity index (χ1v) is 10.0. The van der Waals surface area contributed by atoms with Gasteiger partial charge in [0, 0.05) is 38.8 Å². The number of guanidine groups is 1. The SMILES string of the molecule is CCNC(=NCc1cccc(OCCCOC)c1)NCc1ccc(C)cc1OC.I. The van der Waals surface area contributed by atoms with Crippen molar-refractivity contribution in [1.82, 2.24) is 10.6 Å². The fraction of sp³-hybridized carbons (Fsp3) is 0.435. The molecule has 166 valence electrons. The number of nitrogens with zero attached hydrogens (tertiary/aromatic N) is 1. The molecule has 0 unspecified atom stereocenters. The predicted molar refractivity (Wildman–Crippen MR) is 133 cm³/mol. The monoisotopic (exact) mass is 527 g/mol. The van der Waals surface area contributed by atoms with Crippen LogP contribution in [0, 0.1) is 6.92 Å². The lowest BCUT2D eigenvalue weighted by Gasteiger charge is -2.14. The van der Waals surface area contributed by atoms with E-state index in [9.17, 15) is 0 Å². The van der Waals surface area contributed by atoms with E-state index in [0.717, 1.165) is 41.6 Å². The molecule has 0 aromatic heterocycles. The zero-order chi connectivity index (χ0) is 20.9. The second-order valence-corrected chi connectivity index (χ2v) is 6.71. The molecule has 0 saturated carbocycles. The van der Waals surface area contributed by atoms with Crippen LogP contribution in [0.3, 0.4) is 0 Å². The molecule has 0 atom stereocenters. The van der Waals surface area contributed by atoms with Gasteiger partial charge in [0.05, 0.1) is 20.3 Å². The van der Waals surface area contributed by atoms with Gasteiger partial charge in [0.1, 0.15) is 11.5 Å².